The van der Waals surface area contributed by atoms with Crippen LogP contribution in [0.2, 0.25) is 10.0 Å². The number of rotatable bonds is 5. The lowest BCUT2D eigenvalue weighted by atomic mass is 10.1. The SMILES string of the molecule is Cc1ccc(Cl)cc1N1C(=O)NC(=O)/C(=C\c2ccc(OCc3cccc(F)c3)c(Cl)c2)C1=O. The number of carbonyl (C=O) groups is 3. The standard InChI is InChI=1S/C25H17Cl2FN2O4/c1-14-5-7-17(26)12-21(14)30-24(32)19(23(31)29-25(30)33)10-15-6-8-22(20(27)11-15)34-13-16-3-2-4-18(28)9-16/h2-12H,13H2,1H3,(H,29,31,33)/b19-10+. The van der Waals surface area contributed by atoms with Gasteiger partial charge in [0, 0.05) is 5.02 Å². The van der Waals surface area contributed by atoms with Crippen LogP contribution in [0.4, 0.5) is 14.9 Å². The molecule has 1 N–H and O–H groups in total. The van der Waals surface area contributed by atoms with Gasteiger partial charge in [0.1, 0.15) is 23.7 Å². The lowest BCUT2D eigenvalue weighted by Crippen LogP contribution is -2.54. The van der Waals surface area contributed by atoms with Crippen LogP contribution in [0, 0.1) is 12.7 Å². The highest BCUT2D eigenvalue weighted by Gasteiger charge is 2.37. The van der Waals surface area contributed by atoms with Gasteiger partial charge in [-0.25, -0.2) is 14.1 Å². The minimum atomic E-state index is -0.864. The number of hydrogen-bond acceptors (Lipinski definition) is 4. The number of halogens is 3. The van der Waals surface area contributed by atoms with Gasteiger partial charge in [0.2, 0.25) is 0 Å². The van der Waals surface area contributed by atoms with Gasteiger partial charge in [-0.05, 0) is 66.1 Å². The van der Waals surface area contributed by atoms with Gasteiger partial charge in [0.05, 0.1) is 10.7 Å². The highest BCUT2D eigenvalue weighted by Crippen LogP contribution is 2.30. The highest BCUT2D eigenvalue weighted by molar-refractivity contribution is 6.40. The Labute approximate surface area is 204 Å². The molecule has 0 saturated carbocycles. The maximum Gasteiger partial charge on any atom is 0.335 e. The summed E-state index contributed by atoms with van der Waals surface area (Å²) < 4.78 is 19.0. The molecule has 4 rings (SSSR count). The van der Waals surface area contributed by atoms with Crippen LogP contribution >= 0.6 is 23.2 Å². The lowest BCUT2D eigenvalue weighted by Gasteiger charge is -2.27. The van der Waals surface area contributed by atoms with E-state index < -0.39 is 17.8 Å². The number of amides is 4. The third kappa shape index (κ3) is 4.95. The van der Waals surface area contributed by atoms with Crippen molar-refractivity contribution >= 4 is 52.8 Å². The first-order valence-corrected chi connectivity index (χ1v) is 10.8. The van der Waals surface area contributed by atoms with E-state index in [1.54, 1.807) is 43.3 Å². The first-order chi connectivity index (χ1) is 16.2. The summed E-state index contributed by atoms with van der Waals surface area (Å²) in [6.45, 7) is 1.82. The fourth-order valence-electron chi connectivity index (χ4n) is 3.38. The molecule has 0 aliphatic carbocycles. The van der Waals surface area contributed by atoms with Crippen molar-refractivity contribution < 1.29 is 23.5 Å². The molecular weight excluding hydrogens is 482 g/mol. The van der Waals surface area contributed by atoms with E-state index in [1.165, 1.54) is 30.3 Å². The smallest absolute Gasteiger partial charge is 0.335 e. The summed E-state index contributed by atoms with van der Waals surface area (Å²) in [7, 11) is 0. The molecule has 34 heavy (non-hydrogen) atoms. The zero-order valence-electron chi connectivity index (χ0n) is 17.8. The van der Waals surface area contributed by atoms with Gasteiger partial charge in [0.15, 0.2) is 0 Å². The molecule has 4 amide bonds. The molecule has 1 fully saturated rings. The van der Waals surface area contributed by atoms with Crippen molar-refractivity contribution in [1.29, 1.82) is 0 Å². The largest absolute Gasteiger partial charge is 0.487 e. The third-order valence-electron chi connectivity index (χ3n) is 5.06. The van der Waals surface area contributed by atoms with E-state index in [4.69, 9.17) is 27.9 Å². The Morgan fingerprint density at radius 1 is 1.03 bits per heavy atom. The van der Waals surface area contributed by atoms with Gasteiger partial charge in [-0.2, -0.15) is 0 Å². The predicted molar refractivity (Wildman–Crippen MR) is 127 cm³/mol. The van der Waals surface area contributed by atoms with Crippen LogP contribution in [0.25, 0.3) is 6.08 Å². The molecule has 1 heterocycles. The molecule has 1 saturated heterocycles. The fraction of sp³-hybridized carbons (Fsp3) is 0.0800. The van der Waals surface area contributed by atoms with Crippen molar-refractivity contribution in [3.05, 3.63) is 98.8 Å². The fourth-order valence-corrected chi connectivity index (χ4v) is 3.79. The lowest BCUT2D eigenvalue weighted by molar-refractivity contribution is -0.122. The molecule has 1 aliphatic heterocycles. The van der Waals surface area contributed by atoms with E-state index in [0.717, 1.165) is 4.90 Å². The number of anilines is 1. The quantitative estimate of drug-likeness (QED) is 0.362. The van der Waals surface area contributed by atoms with E-state index >= 15 is 0 Å². The number of barbiturate groups is 1. The van der Waals surface area contributed by atoms with Crippen molar-refractivity contribution in [2.45, 2.75) is 13.5 Å². The van der Waals surface area contributed by atoms with Crippen molar-refractivity contribution in [1.82, 2.24) is 5.32 Å². The van der Waals surface area contributed by atoms with Gasteiger partial charge in [-0.15, -0.1) is 0 Å². The summed E-state index contributed by atoms with van der Waals surface area (Å²) >= 11 is 12.3. The number of imide groups is 2. The van der Waals surface area contributed by atoms with Crippen LogP contribution in [0.3, 0.4) is 0 Å². The van der Waals surface area contributed by atoms with Crippen molar-refractivity contribution in [2.75, 3.05) is 4.90 Å². The second-order valence-electron chi connectivity index (χ2n) is 7.50. The normalized spacial score (nSPS) is 15.0. The molecule has 3 aromatic rings. The van der Waals surface area contributed by atoms with Crippen LogP contribution in [0.15, 0.2) is 66.2 Å². The van der Waals surface area contributed by atoms with Crippen LogP contribution in [-0.2, 0) is 16.2 Å². The van der Waals surface area contributed by atoms with E-state index in [-0.39, 0.29) is 28.7 Å². The first-order valence-electron chi connectivity index (χ1n) is 10.1. The number of aryl methyl sites for hydroxylation is 1. The Morgan fingerprint density at radius 3 is 2.56 bits per heavy atom. The second kappa shape index (κ2) is 9.67. The van der Waals surface area contributed by atoms with Gasteiger partial charge in [-0.3, -0.25) is 14.9 Å². The number of hydrogen-bond donors (Lipinski definition) is 1. The number of ether oxygens (including phenoxy) is 1. The Kier molecular flexibility index (Phi) is 6.68. The zero-order chi connectivity index (χ0) is 24.4. The van der Waals surface area contributed by atoms with Crippen molar-refractivity contribution in [3.63, 3.8) is 0 Å². The number of nitrogens with zero attached hydrogens (tertiary/aromatic N) is 1. The van der Waals surface area contributed by atoms with Crippen LogP contribution in [0.1, 0.15) is 16.7 Å². The summed E-state index contributed by atoms with van der Waals surface area (Å²) in [4.78, 5) is 38.8. The molecule has 0 atom stereocenters. The number of nitrogens with one attached hydrogen (secondary N) is 1. The Hall–Kier alpha value is -3.68. The molecule has 1 aliphatic rings. The summed E-state index contributed by atoms with van der Waals surface area (Å²) in [6.07, 6.45) is 1.33. The van der Waals surface area contributed by atoms with E-state index in [2.05, 4.69) is 5.32 Å². The number of urea groups is 1. The average molecular weight is 499 g/mol. The summed E-state index contributed by atoms with van der Waals surface area (Å²) in [5.41, 5.74) is 1.73. The minimum absolute atomic E-state index is 0.106. The molecule has 0 spiro atoms. The van der Waals surface area contributed by atoms with Gasteiger partial charge >= 0.3 is 6.03 Å². The number of carbonyl (C=O) groups excluding carboxylic acids is 3. The molecule has 9 heteroatoms. The van der Waals surface area contributed by atoms with Crippen LogP contribution < -0.4 is 15.0 Å². The van der Waals surface area contributed by atoms with Gasteiger partial charge in [-0.1, -0.05) is 47.5 Å². The van der Waals surface area contributed by atoms with Gasteiger partial charge in [0.25, 0.3) is 11.8 Å². The summed E-state index contributed by atoms with van der Waals surface area (Å²) in [6, 6.07) is 14.6. The van der Waals surface area contributed by atoms with Crippen molar-refractivity contribution in [3.8, 4) is 5.75 Å². The second-order valence-corrected chi connectivity index (χ2v) is 8.34. The molecule has 172 valence electrons. The molecular formula is C25H17Cl2FN2O4. The molecule has 3 aromatic carbocycles. The maximum absolute atomic E-state index is 13.3. The first kappa shape index (κ1) is 23.5. The minimum Gasteiger partial charge on any atom is -0.487 e. The average Bonchev–Trinajstić information content (AvgIpc) is 2.78. The topological polar surface area (TPSA) is 75.7 Å². The Balaban J connectivity index is 1.59. The van der Waals surface area contributed by atoms with Crippen LogP contribution in [0.5, 0.6) is 5.75 Å². The number of benzene rings is 3. The van der Waals surface area contributed by atoms with Crippen LogP contribution in [-0.4, -0.2) is 17.8 Å². The molecule has 0 bridgehead atoms. The zero-order valence-corrected chi connectivity index (χ0v) is 19.3. The molecule has 0 aromatic heterocycles. The Bertz CT molecular complexity index is 1360. The molecule has 0 unspecified atom stereocenters. The van der Waals surface area contributed by atoms with Crippen molar-refractivity contribution in [2.24, 2.45) is 0 Å². The third-order valence-corrected chi connectivity index (χ3v) is 5.59. The summed E-state index contributed by atoms with van der Waals surface area (Å²) in [5.74, 6) is -1.64. The van der Waals surface area contributed by atoms with E-state index in [9.17, 15) is 18.8 Å². The summed E-state index contributed by atoms with van der Waals surface area (Å²) in [5, 5.41) is 2.74. The maximum atomic E-state index is 13.3. The Morgan fingerprint density at radius 2 is 1.82 bits per heavy atom. The predicted octanol–water partition coefficient (Wildman–Crippen LogP) is 5.69. The molecule has 0 radical (unpaired) electrons. The van der Waals surface area contributed by atoms with Gasteiger partial charge < -0.3 is 4.74 Å². The molecule has 6 nitrogen and oxygen atoms in total. The monoisotopic (exact) mass is 498 g/mol. The van der Waals surface area contributed by atoms with E-state index in [1.807, 2.05) is 0 Å². The highest BCUT2D eigenvalue weighted by atomic mass is 35.5. The van der Waals surface area contributed by atoms with E-state index in [0.29, 0.717) is 27.5 Å².